The molecule has 2 aromatic carbocycles. The molecule has 0 fully saturated rings. The molecule has 0 aliphatic rings. The predicted molar refractivity (Wildman–Crippen MR) is 71.9 cm³/mol. The molecule has 20 heavy (non-hydrogen) atoms. The molecule has 7 heteroatoms. The van der Waals surface area contributed by atoms with Crippen molar-refractivity contribution in [2.45, 2.75) is 0 Å². The maximum Gasteiger partial charge on any atom is 0.270 e. The summed E-state index contributed by atoms with van der Waals surface area (Å²) in [6, 6.07) is 9.03. The Hall–Kier alpha value is -2.96. The van der Waals surface area contributed by atoms with Crippen LogP contribution in [0.3, 0.4) is 0 Å². The quantitative estimate of drug-likeness (QED) is 0.511. The SMILES string of the molecule is Nc1cc(NC(=O)c2cccc([N+](=O)[O-])c2)ccc1F. The molecule has 0 saturated heterocycles. The van der Waals surface area contributed by atoms with Crippen LogP contribution in [-0.2, 0) is 0 Å². The monoisotopic (exact) mass is 275 g/mol. The van der Waals surface area contributed by atoms with Crippen LogP contribution in [-0.4, -0.2) is 10.8 Å². The minimum absolute atomic E-state index is 0.0955. The highest BCUT2D eigenvalue weighted by atomic mass is 19.1. The zero-order chi connectivity index (χ0) is 14.7. The van der Waals surface area contributed by atoms with Crippen LogP contribution >= 0.6 is 0 Å². The van der Waals surface area contributed by atoms with Gasteiger partial charge in [-0.1, -0.05) is 6.07 Å². The van der Waals surface area contributed by atoms with Gasteiger partial charge in [0.1, 0.15) is 5.82 Å². The third-order valence-corrected chi connectivity index (χ3v) is 2.57. The molecule has 6 nitrogen and oxygen atoms in total. The smallest absolute Gasteiger partial charge is 0.270 e. The first-order valence-electron chi connectivity index (χ1n) is 5.58. The third-order valence-electron chi connectivity index (χ3n) is 2.57. The number of carbonyl (C=O) groups is 1. The molecule has 0 aliphatic carbocycles. The maximum absolute atomic E-state index is 13.0. The second-order valence-corrected chi connectivity index (χ2v) is 4.00. The normalized spacial score (nSPS) is 10.1. The number of nitrogens with zero attached hydrogens (tertiary/aromatic N) is 1. The van der Waals surface area contributed by atoms with Gasteiger partial charge < -0.3 is 11.1 Å². The van der Waals surface area contributed by atoms with E-state index in [1.807, 2.05) is 0 Å². The van der Waals surface area contributed by atoms with Crippen molar-refractivity contribution in [2.24, 2.45) is 0 Å². The van der Waals surface area contributed by atoms with Crippen molar-refractivity contribution < 1.29 is 14.1 Å². The van der Waals surface area contributed by atoms with Crippen molar-refractivity contribution in [1.82, 2.24) is 0 Å². The van der Waals surface area contributed by atoms with Crippen LogP contribution < -0.4 is 11.1 Å². The number of anilines is 2. The molecule has 0 spiro atoms. The Morgan fingerprint density at radius 2 is 2.00 bits per heavy atom. The Morgan fingerprint density at radius 3 is 2.65 bits per heavy atom. The van der Waals surface area contributed by atoms with Crippen LogP contribution in [0, 0.1) is 15.9 Å². The number of amides is 1. The van der Waals surface area contributed by atoms with Crippen molar-refractivity contribution in [3.05, 3.63) is 64.0 Å². The lowest BCUT2D eigenvalue weighted by molar-refractivity contribution is -0.384. The van der Waals surface area contributed by atoms with E-state index in [0.29, 0.717) is 5.69 Å². The molecule has 0 unspecified atom stereocenters. The number of carbonyl (C=O) groups excluding carboxylic acids is 1. The Morgan fingerprint density at radius 1 is 1.25 bits per heavy atom. The fourth-order valence-corrected chi connectivity index (χ4v) is 1.59. The van der Waals surface area contributed by atoms with Crippen LogP contribution in [0.15, 0.2) is 42.5 Å². The highest BCUT2D eigenvalue weighted by molar-refractivity contribution is 6.04. The summed E-state index contributed by atoms with van der Waals surface area (Å²) in [4.78, 5) is 22.0. The first-order valence-corrected chi connectivity index (χ1v) is 5.58. The Balaban J connectivity index is 2.21. The number of nitro benzene ring substituents is 1. The van der Waals surface area contributed by atoms with Crippen LogP contribution in [0.4, 0.5) is 21.5 Å². The van der Waals surface area contributed by atoms with Gasteiger partial charge in [-0.2, -0.15) is 0 Å². The molecule has 0 saturated carbocycles. The summed E-state index contributed by atoms with van der Waals surface area (Å²) in [5.74, 6) is -1.13. The van der Waals surface area contributed by atoms with E-state index in [1.165, 1.54) is 30.3 Å². The molecule has 0 atom stereocenters. The van der Waals surface area contributed by atoms with Crippen molar-refractivity contribution in [3.63, 3.8) is 0 Å². The van der Waals surface area contributed by atoms with Gasteiger partial charge in [-0.05, 0) is 24.3 Å². The van der Waals surface area contributed by atoms with Crippen LogP contribution in [0.25, 0.3) is 0 Å². The van der Waals surface area contributed by atoms with Gasteiger partial charge in [-0.15, -0.1) is 0 Å². The molecular weight excluding hydrogens is 265 g/mol. The second-order valence-electron chi connectivity index (χ2n) is 4.00. The molecule has 102 valence electrons. The molecule has 2 rings (SSSR count). The Kier molecular flexibility index (Phi) is 3.60. The van der Waals surface area contributed by atoms with Crippen molar-refractivity contribution in [3.8, 4) is 0 Å². The zero-order valence-electron chi connectivity index (χ0n) is 10.2. The summed E-state index contributed by atoms with van der Waals surface area (Å²) in [7, 11) is 0. The van der Waals surface area contributed by atoms with Crippen LogP contribution in [0.5, 0.6) is 0 Å². The second kappa shape index (κ2) is 5.35. The molecule has 2 aromatic rings. The number of rotatable bonds is 3. The molecule has 1 amide bonds. The number of nitrogens with one attached hydrogen (secondary N) is 1. The summed E-state index contributed by atoms with van der Waals surface area (Å²) >= 11 is 0. The molecule has 0 radical (unpaired) electrons. The van der Waals surface area contributed by atoms with E-state index in [-0.39, 0.29) is 16.9 Å². The molecule has 0 aliphatic heterocycles. The Labute approximate surface area is 113 Å². The molecular formula is C13H10FN3O3. The van der Waals surface area contributed by atoms with Gasteiger partial charge in [-0.25, -0.2) is 4.39 Å². The summed E-state index contributed by atoms with van der Waals surface area (Å²) < 4.78 is 13.0. The minimum Gasteiger partial charge on any atom is -0.396 e. The number of hydrogen-bond donors (Lipinski definition) is 2. The number of nitro groups is 1. The largest absolute Gasteiger partial charge is 0.396 e. The molecule has 0 bridgehead atoms. The van der Waals surface area contributed by atoms with E-state index in [0.717, 1.165) is 12.1 Å². The number of benzene rings is 2. The van der Waals surface area contributed by atoms with Gasteiger partial charge in [0.25, 0.3) is 11.6 Å². The van der Waals surface area contributed by atoms with Gasteiger partial charge in [0.15, 0.2) is 0 Å². The van der Waals surface area contributed by atoms with Crippen molar-refractivity contribution in [1.29, 1.82) is 0 Å². The third kappa shape index (κ3) is 2.89. The summed E-state index contributed by atoms with van der Waals surface area (Å²) in [5, 5.41) is 13.1. The van der Waals surface area contributed by atoms with Gasteiger partial charge in [-0.3, -0.25) is 14.9 Å². The predicted octanol–water partition coefficient (Wildman–Crippen LogP) is 2.57. The lowest BCUT2D eigenvalue weighted by atomic mass is 10.2. The number of hydrogen-bond acceptors (Lipinski definition) is 4. The lowest BCUT2D eigenvalue weighted by Gasteiger charge is -2.06. The first kappa shape index (κ1) is 13.5. The number of nitrogen functional groups attached to an aromatic ring is 1. The Bertz CT molecular complexity index is 688. The van der Waals surface area contributed by atoms with E-state index in [4.69, 9.17) is 5.73 Å². The molecule has 3 N–H and O–H groups in total. The standard InChI is InChI=1S/C13H10FN3O3/c14-11-5-4-9(7-12(11)15)16-13(18)8-2-1-3-10(6-8)17(19)20/h1-7H,15H2,(H,16,18). The minimum atomic E-state index is -0.591. The molecule has 0 aromatic heterocycles. The number of halogens is 1. The maximum atomic E-state index is 13.0. The summed E-state index contributed by atoms with van der Waals surface area (Å²) in [6.07, 6.45) is 0. The zero-order valence-corrected chi connectivity index (χ0v) is 10.2. The van der Waals surface area contributed by atoms with E-state index in [9.17, 15) is 19.3 Å². The topological polar surface area (TPSA) is 98.3 Å². The van der Waals surface area contributed by atoms with Gasteiger partial charge in [0, 0.05) is 23.4 Å². The highest BCUT2D eigenvalue weighted by Crippen LogP contribution is 2.18. The fraction of sp³-hybridized carbons (Fsp3) is 0. The van der Waals surface area contributed by atoms with Gasteiger partial charge >= 0.3 is 0 Å². The summed E-state index contributed by atoms with van der Waals surface area (Å²) in [6.45, 7) is 0. The number of nitrogens with two attached hydrogens (primary N) is 1. The first-order chi connectivity index (χ1) is 9.47. The van der Waals surface area contributed by atoms with E-state index < -0.39 is 16.6 Å². The van der Waals surface area contributed by atoms with E-state index >= 15 is 0 Å². The van der Waals surface area contributed by atoms with Crippen molar-refractivity contribution >= 4 is 23.0 Å². The number of non-ortho nitro benzene ring substituents is 1. The molecule has 0 heterocycles. The van der Waals surface area contributed by atoms with Gasteiger partial charge in [0.05, 0.1) is 10.6 Å². The van der Waals surface area contributed by atoms with Crippen molar-refractivity contribution in [2.75, 3.05) is 11.1 Å². The van der Waals surface area contributed by atoms with E-state index in [1.54, 1.807) is 0 Å². The summed E-state index contributed by atoms with van der Waals surface area (Å²) in [5.41, 5.74) is 5.54. The van der Waals surface area contributed by atoms with Crippen LogP contribution in [0.2, 0.25) is 0 Å². The average Bonchev–Trinajstić information content (AvgIpc) is 2.43. The fourth-order valence-electron chi connectivity index (χ4n) is 1.59. The van der Waals surface area contributed by atoms with E-state index in [2.05, 4.69) is 5.32 Å². The van der Waals surface area contributed by atoms with Gasteiger partial charge in [0.2, 0.25) is 0 Å². The lowest BCUT2D eigenvalue weighted by Crippen LogP contribution is -2.12. The average molecular weight is 275 g/mol. The highest BCUT2D eigenvalue weighted by Gasteiger charge is 2.12. The van der Waals surface area contributed by atoms with Crippen LogP contribution in [0.1, 0.15) is 10.4 Å².